The largest absolute Gasteiger partial charge is 0.493 e. The van der Waals surface area contributed by atoms with Crippen LogP contribution in [-0.4, -0.2) is 33.0 Å². The first kappa shape index (κ1) is 18.6. The summed E-state index contributed by atoms with van der Waals surface area (Å²) in [4.78, 5) is 32.0. The summed E-state index contributed by atoms with van der Waals surface area (Å²) < 4.78 is 11.5. The summed E-state index contributed by atoms with van der Waals surface area (Å²) >= 11 is 1.02. The SMILES string of the molecule is O=C1NC(=O)C(Cc2cnc3cc(OCCc4nc5ccccc5o4)ccc3c2)S1. The zero-order valence-electron chi connectivity index (χ0n) is 15.8. The molecule has 1 unspecified atom stereocenters. The highest BCUT2D eigenvalue weighted by Gasteiger charge is 2.31. The normalized spacial score (nSPS) is 16.3. The van der Waals surface area contributed by atoms with Gasteiger partial charge in [0.1, 0.15) is 11.3 Å². The minimum atomic E-state index is -0.397. The highest BCUT2D eigenvalue weighted by molar-refractivity contribution is 8.15. The minimum absolute atomic E-state index is 0.243. The van der Waals surface area contributed by atoms with Crippen LogP contribution in [0.5, 0.6) is 5.75 Å². The molecule has 30 heavy (non-hydrogen) atoms. The highest BCUT2D eigenvalue weighted by atomic mass is 32.2. The number of para-hydroxylation sites is 2. The van der Waals surface area contributed by atoms with Gasteiger partial charge in [-0.2, -0.15) is 0 Å². The molecule has 0 radical (unpaired) electrons. The van der Waals surface area contributed by atoms with Crippen LogP contribution in [0, 0.1) is 0 Å². The topological polar surface area (TPSA) is 94.3 Å². The lowest BCUT2D eigenvalue weighted by Crippen LogP contribution is -2.25. The fourth-order valence-electron chi connectivity index (χ4n) is 3.37. The van der Waals surface area contributed by atoms with E-state index in [0.29, 0.717) is 25.3 Å². The second-order valence-corrected chi connectivity index (χ2v) is 8.13. The van der Waals surface area contributed by atoms with Crippen LogP contribution < -0.4 is 10.1 Å². The Labute approximate surface area is 175 Å². The van der Waals surface area contributed by atoms with Gasteiger partial charge in [-0.15, -0.1) is 0 Å². The van der Waals surface area contributed by atoms with Crippen LogP contribution in [0.1, 0.15) is 11.5 Å². The minimum Gasteiger partial charge on any atom is -0.493 e. The summed E-state index contributed by atoms with van der Waals surface area (Å²) in [5, 5.41) is 2.57. The second-order valence-electron chi connectivity index (χ2n) is 6.96. The molecule has 1 fully saturated rings. The lowest BCUT2D eigenvalue weighted by atomic mass is 10.1. The maximum Gasteiger partial charge on any atom is 0.286 e. The summed E-state index contributed by atoms with van der Waals surface area (Å²) in [5.41, 5.74) is 3.33. The van der Waals surface area contributed by atoms with Crippen molar-refractivity contribution in [1.29, 1.82) is 0 Å². The molecule has 0 bridgehead atoms. The molecule has 3 heterocycles. The Morgan fingerprint density at radius 2 is 2.00 bits per heavy atom. The van der Waals surface area contributed by atoms with Gasteiger partial charge in [-0.05, 0) is 42.3 Å². The molecule has 1 N–H and O–H groups in total. The number of hydrogen-bond donors (Lipinski definition) is 1. The molecule has 5 rings (SSSR count). The van der Waals surface area contributed by atoms with Gasteiger partial charge in [0.25, 0.3) is 5.24 Å². The number of aromatic nitrogens is 2. The number of nitrogens with one attached hydrogen (secondary N) is 1. The van der Waals surface area contributed by atoms with Crippen molar-refractivity contribution in [3.63, 3.8) is 0 Å². The number of pyridine rings is 1. The van der Waals surface area contributed by atoms with Crippen molar-refractivity contribution in [2.45, 2.75) is 18.1 Å². The number of benzene rings is 2. The van der Waals surface area contributed by atoms with E-state index in [-0.39, 0.29) is 11.1 Å². The molecule has 2 aromatic heterocycles. The summed E-state index contributed by atoms with van der Waals surface area (Å²) in [5.74, 6) is 1.12. The monoisotopic (exact) mass is 419 g/mol. The molecule has 7 nitrogen and oxygen atoms in total. The number of fused-ring (bicyclic) bond motifs is 2. The number of ether oxygens (including phenoxy) is 1. The number of nitrogens with zero attached hydrogens (tertiary/aromatic N) is 2. The van der Waals surface area contributed by atoms with E-state index < -0.39 is 5.25 Å². The molecule has 1 atom stereocenters. The highest BCUT2D eigenvalue weighted by Crippen LogP contribution is 2.25. The van der Waals surface area contributed by atoms with Crippen molar-refractivity contribution >= 4 is 44.9 Å². The van der Waals surface area contributed by atoms with E-state index in [4.69, 9.17) is 9.15 Å². The van der Waals surface area contributed by atoms with E-state index in [1.54, 1.807) is 6.20 Å². The Kier molecular flexibility index (Phi) is 4.84. The molecule has 0 saturated carbocycles. The van der Waals surface area contributed by atoms with Gasteiger partial charge in [-0.25, -0.2) is 4.98 Å². The van der Waals surface area contributed by atoms with Crippen molar-refractivity contribution in [2.24, 2.45) is 0 Å². The standard InChI is InChI=1S/C22H17N3O4S/c26-21-19(30-22(27)25-21)10-13-9-14-5-6-15(11-17(14)23-12-13)28-8-7-20-24-16-3-1-2-4-18(16)29-20/h1-6,9,11-12,19H,7-8,10H2,(H,25,26,27). The fourth-order valence-corrected chi connectivity index (χ4v) is 4.23. The van der Waals surface area contributed by atoms with Crippen molar-refractivity contribution in [2.75, 3.05) is 6.61 Å². The van der Waals surface area contributed by atoms with E-state index in [0.717, 1.165) is 45.1 Å². The summed E-state index contributed by atoms with van der Waals surface area (Å²) in [6, 6.07) is 15.4. The molecular weight excluding hydrogens is 402 g/mol. The lowest BCUT2D eigenvalue weighted by Gasteiger charge is -2.08. The predicted octanol–water partition coefficient (Wildman–Crippen LogP) is 3.89. The van der Waals surface area contributed by atoms with E-state index in [9.17, 15) is 9.59 Å². The maximum absolute atomic E-state index is 11.8. The number of carbonyl (C=O) groups is 2. The number of oxazole rings is 1. The average Bonchev–Trinajstić information content (AvgIpc) is 3.29. The van der Waals surface area contributed by atoms with Crippen LogP contribution in [0.4, 0.5) is 4.79 Å². The Morgan fingerprint density at radius 1 is 1.10 bits per heavy atom. The number of rotatable bonds is 6. The molecule has 2 amide bonds. The third-order valence-electron chi connectivity index (χ3n) is 4.82. The Bertz CT molecular complexity index is 1240. The summed E-state index contributed by atoms with van der Waals surface area (Å²) in [6.45, 7) is 0.443. The number of amides is 2. The van der Waals surface area contributed by atoms with Gasteiger partial charge in [-0.3, -0.25) is 19.9 Å². The third kappa shape index (κ3) is 3.86. The van der Waals surface area contributed by atoms with Crippen LogP contribution in [0.25, 0.3) is 22.0 Å². The molecule has 1 aliphatic heterocycles. The van der Waals surface area contributed by atoms with Crippen LogP contribution in [0.2, 0.25) is 0 Å². The fraction of sp³-hybridized carbons (Fsp3) is 0.182. The first-order valence-corrected chi connectivity index (χ1v) is 10.4. The number of carbonyl (C=O) groups excluding carboxylic acids is 2. The van der Waals surface area contributed by atoms with Crippen LogP contribution in [-0.2, 0) is 17.6 Å². The van der Waals surface area contributed by atoms with Gasteiger partial charge in [0.2, 0.25) is 5.91 Å². The molecule has 1 aliphatic rings. The zero-order chi connectivity index (χ0) is 20.5. The number of hydrogen-bond acceptors (Lipinski definition) is 7. The molecular formula is C22H17N3O4S. The number of imide groups is 1. The van der Waals surface area contributed by atoms with E-state index in [2.05, 4.69) is 15.3 Å². The molecule has 0 aliphatic carbocycles. The van der Waals surface area contributed by atoms with Gasteiger partial charge >= 0.3 is 0 Å². The summed E-state index contributed by atoms with van der Waals surface area (Å²) in [7, 11) is 0. The van der Waals surface area contributed by atoms with Gasteiger partial charge < -0.3 is 9.15 Å². The quantitative estimate of drug-likeness (QED) is 0.507. The zero-order valence-corrected chi connectivity index (χ0v) is 16.6. The Hall–Kier alpha value is -3.39. The average molecular weight is 419 g/mol. The van der Waals surface area contributed by atoms with Crippen LogP contribution in [0.3, 0.4) is 0 Å². The lowest BCUT2D eigenvalue weighted by molar-refractivity contribution is -0.118. The van der Waals surface area contributed by atoms with Gasteiger partial charge in [0.15, 0.2) is 11.5 Å². The van der Waals surface area contributed by atoms with E-state index in [1.807, 2.05) is 48.5 Å². The van der Waals surface area contributed by atoms with Gasteiger partial charge in [-0.1, -0.05) is 23.9 Å². The van der Waals surface area contributed by atoms with Crippen molar-refractivity contribution in [1.82, 2.24) is 15.3 Å². The Morgan fingerprint density at radius 3 is 2.83 bits per heavy atom. The molecule has 4 aromatic rings. The van der Waals surface area contributed by atoms with E-state index in [1.165, 1.54) is 0 Å². The molecule has 150 valence electrons. The second kappa shape index (κ2) is 7.79. The van der Waals surface area contributed by atoms with Crippen molar-refractivity contribution < 1.29 is 18.7 Å². The van der Waals surface area contributed by atoms with Crippen molar-refractivity contribution in [3.8, 4) is 5.75 Å². The van der Waals surface area contributed by atoms with Crippen LogP contribution >= 0.6 is 11.8 Å². The first-order chi connectivity index (χ1) is 14.6. The molecule has 2 aromatic carbocycles. The summed E-state index contributed by atoms with van der Waals surface area (Å²) in [6.07, 6.45) is 2.77. The van der Waals surface area contributed by atoms with Crippen molar-refractivity contribution in [3.05, 3.63) is 66.2 Å². The van der Waals surface area contributed by atoms with Gasteiger partial charge in [0, 0.05) is 17.6 Å². The molecule has 0 spiro atoms. The van der Waals surface area contributed by atoms with E-state index >= 15 is 0 Å². The molecule has 1 saturated heterocycles. The number of thioether (sulfide) groups is 1. The van der Waals surface area contributed by atoms with Gasteiger partial charge in [0.05, 0.1) is 23.8 Å². The van der Waals surface area contributed by atoms with Crippen LogP contribution in [0.15, 0.2) is 59.1 Å². The maximum atomic E-state index is 11.8. The predicted molar refractivity (Wildman–Crippen MR) is 114 cm³/mol. The molecule has 8 heteroatoms. The first-order valence-electron chi connectivity index (χ1n) is 9.51. The third-order valence-corrected chi connectivity index (χ3v) is 5.80. The smallest absolute Gasteiger partial charge is 0.286 e. The Balaban J connectivity index is 1.23.